The van der Waals surface area contributed by atoms with E-state index >= 15 is 0 Å². The van der Waals surface area contributed by atoms with Crippen molar-refractivity contribution in [3.63, 3.8) is 0 Å². The van der Waals surface area contributed by atoms with E-state index < -0.39 is 17.8 Å². The molecule has 7 heteroatoms. The molecule has 0 unspecified atom stereocenters. The lowest BCUT2D eigenvalue weighted by Gasteiger charge is -2.37. The van der Waals surface area contributed by atoms with Crippen molar-refractivity contribution in [3.8, 4) is 0 Å². The number of hydrogen-bond acceptors (Lipinski definition) is 2. The van der Waals surface area contributed by atoms with Gasteiger partial charge in [0.2, 0.25) is 11.8 Å². The Kier molecular flexibility index (Phi) is 8.55. The minimum Gasteiger partial charge on any atom is -0.351 e. The van der Waals surface area contributed by atoms with Gasteiger partial charge in [-0.05, 0) is 47.6 Å². The van der Waals surface area contributed by atoms with Crippen LogP contribution in [0.4, 0.5) is 4.39 Å². The van der Waals surface area contributed by atoms with E-state index in [0.717, 1.165) is 19.3 Å². The van der Waals surface area contributed by atoms with Gasteiger partial charge in [-0.25, -0.2) is 4.39 Å². The highest BCUT2D eigenvalue weighted by Crippen LogP contribution is 2.31. The summed E-state index contributed by atoms with van der Waals surface area (Å²) in [5.41, 5.74) is 1.22. The molecule has 1 fully saturated rings. The summed E-state index contributed by atoms with van der Waals surface area (Å²) in [4.78, 5) is 28.0. The molecule has 0 saturated heterocycles. The third-order valence-electron chi connectivity index (χ3n) is 6.51. The molecule has 0 aliphatic heterocycles. The van der Waals surface area contributed by atoms with Gasteiger partial charge < -0.3 is 10.2 Å². The molecule has 2 aromatic carbocycles. The largest absolute Gasteiger partial charge is 0.351 e. The Labute approximate surface area is 199 Å². The first-order chi connectivity index (χ1) is 15.3. The predicted molar refractivity (Wildman–Crippen MR) is 126 cm³/mol. The molecule has 0 radical (unpaired) electrons. The van der Waals surface area contributed by atoms with E-state index in [1.807, 2.05) is 6.07 Å². The lowest BCUT2D eigenvalue weighted by atomic mass is 9.78. The minimum absolute atomic E-state index is 0.0162. The summed E-state index contributed by atoms with van der Waals surface area (Å²) in [6.07, 6.45) is 3.07. The molecule has 0 aromatic heterocycles. The maximum Gasteiger partial charge on any atom is 0.247 e. The van der Waals surface area contributed by atoms with Gasteiger partial charge in [-0.15, -0.1) is 11.6 Å². The molecule has 1 aliphatic carbocycles. The van der Waals surface area contributed by atoms with Crippen LogP contribution in [0.15, 0.2) is 48.5 Å². The van der Waals surface area contributed by atoms with Gasteiger partial charge in [-0.1, -0.05) is 68.6 Å². The fraction of sp³-hybridized carbons (Fsp3) is 0.440. The van der Waals surface area contributed by atoms with Gasteiger partial charge in [-0.2, -0.15) is 0 Å². The van der Waals surface area contributed by atoms with Crippen LogP contribution < -0.4 is 5.32 Å². The molecule has 0 heterocycles. The number of carbonyl (C=O) groups is 2. The number of halogens is 3. The third kappa shape index (κ3) is 5.81. The van der Waals surface area contributed by atoms with Gasteiger partial charge in [0.25, 0.3) is 0 Å². The second-order valence-corrected chi connectivity index (χ2v) is 9.26. The molecule has 1 aliphatic rings. The highest BCUT2D eigenvalue weighted by Gasteiger charge is 2.35. The van der Waals surface area contributed by atoms with Crippen LogP contribution in [0, 0.1) is 17.7 Å². The summed E-state index contributed by atoms with van der Waals surface area (Å²) < 4.78 is 13.6. The first kappa shape index (κ1) is 24.5. The Bertz CT molecular complexity index is 938. The Morgan fingerprint density at radius 3 is 2.47 bits per heavy atom. The van der Waals surface area contributed by atoms with E-state index in [2.05, 4.69) is 19.2 Å². The molecule has 1 N–H and O–H groups in total. The molecule has 0 bridgehead atoms. The van der Waals surface area contributed by atoms with Gasteiger partial charge in [0, 0.05) is 17.6 Å². The number of benzene rings is 2. The Hall–Kier alpha value is -2.11. The normalized spacial score (nSPS) is 21.6. The molecule has 32 heavy (non-hydrogen) atoms. The van der Waals surface area contributed by atoms with Crippen molar-refractivity contribution in [1.29, 1.82) is 0 Å². The van der Waals surface area contributed by atoms with E-state index in [9.17, 15) is 14.0 Å². The van der Waals surface area contributed by atoms with Crippen molar-refractivity contribution in [2.24, 2.45) is 11.8 Å². The summed E-state index contributed by atoms with van der Waals surface area (Å²) in [6, 6.07) is 11.9. The van der Waals surface area contributed by atoms with Crippen LogP contribution in [0.3, 0.4) is 0 Å². The zero-order chi connectivity index (χ0) is 23.3. The Morgan fingerprint density at radius 2 is 1.81 bits per heavy atom. The number of nitrogens with zero attached hydrogens (tertiary/aromatic N) is 1. The molecule has 4 nitrogen and oxygen atoms in total. The minimum atomic E-state index is -0.956. The summed E-state index contributed by atoms with van der Waals surface area (Å²) in [5.74, 6) is -0.575. The number of alkyl halides is 1. The van der Waals surface area contributed by atoms with Crippen molar-refractivity contribution in [1.82, 2.24) is 10.2 Å². The summed E-state index contributed by atoms with van der Waals surface area (Å²) in [7, 11) is 0. The first-order valence-electron chi connectivity index (χ1n) is 11.0. The fourth-order valence-corrected chi connectivity index (χ4v) is 4.72. The molecule has 1 saturated carbocycles. The monoisotopic (exact) mass is 478 g/mol. The molecule has 0 spiro atoms. The van der Waals surface area contributed by atoms with Crippen molar-refractivity contribution in [3.05, 3.63) is 70.5 Å². The van der Waals surface area contributed by atoms with Crippen molar-refractivity contribution >= 4 is 35.0 Å². The van der Waals surface area contributed by atoms with Crippen molar-refractivity contribution < 1.29 is 14.0 Å². The Balaban J connectivity index is 1.97. The smallest absolute Gasteiger partial charge is 0.247 e. The number of rotatable bonds is 7. The van der Waals surface area contributed by atoms with E-state index in [0.29, 0.717) is 28.0 Å². The average molecular weight is 479 g/mol. The molecular formula is C25H29Cl2FN2O2. The van der Waals surface area contributed by atoms with Crippen LogP contribution in [-0.2, 0) is 16.1 Å². The third-order valence-corrected chi connectivity index (χ3v) is 7.11. The van der Waals surface area contributed by atoms with Crippen LogP contribution in [0.1, 0.15) is 50.3 Å². The van der Waals surface area contributed by atoms with Crippen LogP contribution in [-0.4, -0.2) is 28.6 Å². The van der Waals surface area contributed by atoms with E-state index in [1.54, 1.807) is 18.2 Å². The van der Waals surface area contributed by atoms with Crippen LogP contribution in [0.2, 0.25) is 5.02 Å². The SMILES string of the molecule is C[C@H]1[C@H](C)CCC[C@@H]1NC(=O)[C@@H](c1ccc(F)cc1)N(Cc1ccccc1Cl)C(=O)CCl. The van der Waals surface area contributed by atoms with Gasteiger partial charge in [0.15, 0.2) is 0 Å². The zero-order valence-corrected chi connectivity index (χ0v) is 19.9. The maximum absolute atomic E-state index is 13.6. The lowest BCUT2D eigenvalue weighted by molar-refractivity contribution is -0.140. The second-order valence-electron chi connectivity index (χ2n) is 8.58. The highest BCUT2D eigenvalue weighted by atomic mass is 35.5. The molecule has 4 atom stereocenters. The average Bonchev–Trinajstić information content (AvgIpc) is 2.78. The summed E-state index contributed by atoms with van der Waals surface area (Å²) in [5, 5.41) is 3.66. The van der Waals surface area contributed by atoms with E-state index in [-0.39, 0.29) is 24.4 Å². The van der Waals surface area contributed by atoms with E-state index in [1.165, 1.54) is 29.2 Å². The molecular weight excluding hydrogens is 450 g/mol. The Morgan fingerprint density at radius 1 is 1.12 bits per heavy atom. The van der Waals surface area contributed by atoms with Gasteiger partial charge in [0.1, 0.15) is 17.7 Å². The quantitative estimate of drug-likeness (QED) is 0.516. The molecule has 172 valence electrons. The fourth-order valence-electron chi connectivity index (χ4n) is 4.38. The van der Waals surface area contributed by atoms with Gasteiger partial charge in [0.05, 0.1) is 0 Å². The van der Waals surface area contributed by atoms with E-state index in [4.69, 9.17) is 23.2 Å². The number of nitrogens with one attached hydrogen (secondary N) is 1. The standard InChI is InChI=1S/C25H29Cl2FN2O2/c1-16-6-5-9-22(17(16)2)29-25(32)24(18-10-12-20(28)13-11-18)30(23(31)14-26)15-19-7-3-4-8-21(19)27/h3-4,7-8,10-13,16-17,22,24H,5-6,9,14-15H2,1-2H3,(H,29,32)/t16-,17+,22+,24-/m1/s1. The van der Waals surface area contributed by atoms with Crippen molar-refractivity contribution in [2.75, 3.05) is 5.88 Å². The lowest BCUT2D eigenvalue weighted by Crippen LogP contribution is -2.50. The maximum atomic E-state index is 13.6. The topological polar surface area (TPSA) is 49.4 Å². The molecule has 2 amide bonds. The predicted octanol–water partition coefficient (Wildman–Crippen LogP) is 5.73. The highest BCUT2D eigenvalue weighted by molar-refractivity contribution is 6.31. The first-order valence-corrected chi connectivity index (χ1v) is 11.9. The zero-order valence-electron chi connectivity index (χ0n) is 18.4. The van der Waals surface area contributed by atoms with Crippen LogP contribution >= 0.6 is 23.2 Å². The van der Waals surface area contributed by atoms with Crippen LogP contribution in [0.25, 0.3) is 0 Å². The molecule has 3 rings (SSSR count). The van der Waals surface area contributed by atoms with Gasteiger partial charge in [-0.3, -0.25) is 9.59 Å². The van der Waals surface area contributed by atoms with Crippen LogP contribution in [0.5, 0.6) is 0 Å². The van der Waals surface area contributed by atoms with Crippen molar-refractivity contribution in [2.45, 2.75) is 51.7 Å². The molecule has 2 aromatic rings. The summed E-state index contributed by atoms with van der Waals surface area (Å²) >= 11 is 12.3. The van der Waals surface area contributed by atoms with Gasteiger partial charge >= 0.3 is 0 Å². The second kappa shape index (κ2) is 11.2. The number of hydrogen-bond donors (Lipinski definition) is 1. The number of amides is 2. The number of carbonyl (C=O) groups excluding carboxylic acids is 2. The summed E-state index contributed by atoms with van der Waals surface area (Å²) in [6.45, 7) is 4.45.